The van der Waals surface area contributed by atoms with E-state index in [2.05, 4.69) is 24.1 Å². The number of aromatic nitrogens is 1. The van der Waals surface area contributed by atoms with Gasteiger partial charge in [0.05, 0.1) is 11.2 Å². The summed E-state index contributed by atoms with van der Waals surface area (Å²) in [7, 11) is 1.54. The Hall–Kier alpha value is -0.940. The second kappa shape index (κ2) is 5.82. The highest BCUT2D eigenvalue weighted by molar-refractivity contribution is 7.13. The van der Waals surface area contributed by atoms with Gasteiger partial charge in [-0.2, -0.15) is 0 Å². The third-order valence-electron chi connectivity index (χ3n) is 1.74. The van der Waals surface area contributed by atoms with Crippen LogP contribution >= 0.6 is 11.3 Å². The standard InChI is InChI=1S/C10H16N2O2S/c1-7(2)4-9-11-5-8(15-9)10(13)12-6-14-3/h5,7H,4,6H2,1-3H3,(H,12,13). The molecule has 84 valence electrons. The molecule has 0 saturated carbocycles. The van der Waals surface area contributed by atoms with E-state index in [0.29, 0.717) is 10.8 Å². The summed E-state index contributed by atoms with van der Waals surface area (Å²) in [5, 5.41) is 3.63. The van der Waals surface area contributed by atoms with E-state index < -0.39 is 0 Å². The molecule has 0 aromatic carbocycles. The molecule has 5 heteroatoms. The maximum absolute atomic E-state index is 11.5. The molecule has 0 saturated heterocycles. The molecular weight excluding hydrogens is 212 g/mol. The lowest BCUT2D eigenvalue weighted by atomic mass is 10.1. The summed E-state index contributed by atoms with van der Waals surface area (Å²) in [4.78, 5) is 16.3. The average Bonchev–Trinajstić information content (AvgIpc) is 2.61. The summed E-state index contributed by atoms with van der Waals surface area (Å²) in [6, 6.07) is 0. The van der Waals surface area contributed by atoms with Crippen molar-refractivity contribution in [1.29, 1.82) is 0 Å². The molecule has 1 aromatic heterocycles. The molecule has 1 N–H and O–H groups in total. The van der Waals surface area contributed by atoms with Crippen LogP contribution in [0.25, 0.3) is 0 Å². The number of thiazole rings is 1. The highest BCUT2D eigenvalue weighted by Crippen LogP contribution is 2.16. The molecule has 0 aliphatic heterocycles. The first-order valence-electron chi connectivity index (χ1n) is 4.85. The van der Waals surface area contributed by atoms with Gasteiger partial charge in [0, 0.05) is 13.5 Å². The van der Waals surface area contributed by atoms with E-state index in [-0.39, 0.29) is 12.6 Å². The second-order valence-electron chi connectivity index (χ2n) is 3.66. The SMILES string of the molecule is COCNC(=O)c1cnc(CC(C)C)s1. The number of carbonyl (C=O) groups excluding carboxylic acids is 1. The Balaban J connectivity index is 2.55. The zero-order valence-corrected chi connectivity index (χ0v) is 10.1. The molecule has 15 heavy (non-hydrogen) atoms. The van der Waals surface area contributed by atoms with Crippen molar-refractivity contribution in [2.24, 2.45) is 5.92 Å². The Labute approximate surface area is 93.7 Å². The van der Waals surface area contributed by atoms with Crippen LogP contribution in [0.3, 0.4) is 0 Å². The van der Waals surface area contributed by atoms with Crippen LogP contribution in [0.5, 0.6) is 0 Å². The van der Waals surface area contributed by atoms with Crippen molar-refractivity contribution in [3.63, 3.8) is 0 Å². The minimum atomic E-state index is -0.121. The van der Waals surface area contributed by atoms with Crippen molar-refractivity contribution in [3.8, 4) is 0 Å². The first kappa shape index (κ1) is 12.1. The highest BCUT2D eigenvalue weighted by Gasteiger charge is 2.10. The molecule has 1 amide bonds. The fourth-order valence-corrected chi connectivity index (χ4v) is 2.13. The minimum absolute atomic E-state index is 0.121. The normalized spacial score (nSPS) is 10.7. The van der Waals surface area contributed by atoms with Crippen molar-refractivity contribution in [3.05, 3.63) is 16.1 Å². The zero-order chi connectivity index (χ0) is 11.3. The van der Waals surface area contributed by atoms with E-state index in [1.165, 1.54) is 18.4 Å². The van der Waals surface area contributed by atoms with Crippen LogP contribution in [0, 0.1) is 5.92 Å². The maximum Gasteiger partial charge on any atom is 0.264 e. The number of carbonyl (C=O) groups is 1. The van der Waals surface area contributed by atoms with Gasteiger partial charge in [-0.1, -0.05) is 13.8 Å². The highest BCUT2D eigenvalue weighted by atomic mass is 32.1. The third-order valence-corrected chi connectivity index (χ3v) is 2.76. The smallest absolute Gasteiger partial charge is 0.264 e. The number of hydrogen-bond acceptors (Lipinski definition) is 4. The van der Waals surface area contributed by atoms with E-state index in [9.17, 15) is 4.79 Å². The lowest BCUT2D eigenvalue weighted by molar-refractivity contribution is 0.0876. The van der Waals surface area contributed by atoms with E-state index in [4.69, 9.17) is 4.74 Å². The van der Waals surface area contributed by atoms with Crippen LogP contribution in [0.1, 0.15) is 28.5 Å². The minimum Gasteiger partial charge on any atom is -0.364 e. The summed E-state index contributed by atoms with van der Waals surface area (Å²) >= 11 is 1.44. The molecule has 1 rings (SSSR count). The molecule has 0 radical (unpaired) electrons. The number of rotatable bonds is 5. The third kappa shape index (κ3) is 3.97. The molecule has 0 fully saturated rings. The molecule has 0 atom stereocenters. The predicted octanol–water partition coefficient (Wildman–Crippen LogP) is 1.68. The number of ether oxygens (including phenoxy) is 1. The van der Waals surface area contributed by atoms with Gasteiger partial charge < -0.3 is 10.1 Å². The summed E-state index contributed by atoms with van der Waals surface area (Å²) in [5.41, 5.74) is 0. The van der Waals surface area contributed by atoms with Crippen molar-refractivity contribution in [2.45, 2.75) is 20.3 Å². The number of nitrogens with one attached hydrogen (secondary N) is 1. The van der Waals surface area contributed by atoms with E-state index in [1.807, 2.05) is 0 Å². The van der Waals surface area contributed by atoms with Crippen LogP contribution in [0.4, 0.5) is 0 Å². The molecule has 0 bridgehead atoms. The molecule has 1 aromatic rings. The number of hydrogen-bond donors (Lipinski definition) is 1. The molecule has 4 nitrogen and oxygen atoms in total. The Kier molecular flexibility index (Phi) is 4.71. The summed E-state index contributed by atoms with van der Waals surface area (Å²) in [5.74, 6) is 0.440. The van der Waals surface area contributed by atoms with Gasteiger partial charge in [0.25, 0.3) is 5.91 Å². The van der Waals surface area contributed by atoms with Gasteiger partial charge in [-0.05, 0) is 5.92 Å². The fraction of sp³-hybridized carbons (Fsp3) is 0.600. The quantitative estimate of drug-likeness (QED) is 0.780. The van der Waals surface area contributed by atoms with E-state index in [1.54, 1.807) is 6.20 Å². The molecular formula is C10H16N2O2S. The Morgan fingerprint density at radius 1 is 1.67 bits per heavy atom. The van der Waals surface area contributed by atoms with Crippen LogP contribution in [0.15, 0.2) is 6.20 Å². The van der Waals surface area contributed by atoms with Gasteiger partial charge in [0.1, 0.15) is 11.6 Å². The van der Waals surface area contributed by atoms with E-state index >= 15 is 0 Å². The topological polar surface area (TPSA) is 51.2 Å². The van der Waals surface area contributed by atoms with Crippen molar-refractivity contribution >= 4 is 17.2 Å². The second-order valence-corrected chi connectivity index (χ2v) is 4.77. The van der Waals surface area contributed by atoms with Gasteiger partial charge in [0.2, 0.25) is 0 Å². The number of amides is 1. The Morgan fingerprint density at radius 3 is 3.00 bits per heavy atom. The van der Waals surface area contributed by atoms with E-state index in [0.717, 1.165) is 11.4 Å². The van der Waals surface area contributed by atoms with Gasteiger partial charge in [-0.3, -0.25) is 4.79 Å². The average molecular weight is 228 g/mol. The Morgan fingerprint density at radius 2 is 2.40 bits per heavy atom. The first-order chi connectivity index (χ1) is 7.13. The largest absolute Gasteiger partial charge is 0.364 e. The number of nitrogens with zero attached hydrogens (tertiary/aromatic N) is 1. The number of methoxy groups -OCH3 is 1. The Bertz CT molecular complexity index is 323. The van der Waals surface area contributed by atoms with Crippen LogP contribution in [-0.2, 0) is 11.2 Å². The lowest BCUT2D eigenvalue weighted by Gasteiger charge is -2.00. The molecule has 0 unspecified atom stereocenters. The van der Waals surface area contributed by atoms with Crippen molar-refractivity contribution < 1.29 is 9.53 Å². The monoisotopic (exact) mass is 228 g/mol. The van der Waals surface area contributed by atoms with Crippen LogP contribution < -0.4 is 5.32 Å². The molecule has 0 spiro atoms. The van der Waals surface area contributed by atoms with Crippen molar-refractivity contribution in [2.75, 3.05) is 13.8 Å². The summed E-state index contributed by atoms with van der Waals surface area (Å²) in [6.45, 7) is 4.49. The first-order valence-corrected chi connectivity index (χ1v) is 5.67. The predicted molar refractivity (Wildman–Crippen MR) is 60.0 cm³/mol. The molecule has 1 heterocycles. The molecule has 0 aliphatic rings. The lowest BCUT2D eigenvalue weighted by Crippen LogP contribution is -2.24. The van der Waals surface area contributed by atoms with Crippen LogP contribution in [0.2, 0.25) is 0 Å². The summed E-state index contributed by atoms with van der Waals surface area (Å²) in [6.07, 6.45) is 2.54. The maximum atomic E-state index is 11.5. The van der Waals surface area contributed by atoms with Gasteiger partial charge in [-0.15, -0.1) is 11.3 Å². The summed E-state index contributed by atoms with van der Waals surface area (Å²) < 4.78 is 4.76. The fourth-order valence-electron chi connectivity index (χ4n) is 1.08. The van der Waals surface area contributed by atoms with Crippen LogP contribution in [-0.4, -0.2) is 24.7 Å². The van der Waals surface area contributed by atoms with Crippen molar-refractivity contribution in [1.82, 2.24) is 10.3 Å². The molecule has 0 aliphatic carbocycles. The zero-order valence-electron chi connectivity index (χ0n) is 9.24. The van der Waals surface area contributed by atoms with Gasteiger partial charge in [0.15, 0.2) is 0 Å². The van der Waals surface area contributed by atoms with Gasteiger partial charge in [-0.25, -0.2) is 4.98 Å². The van der Waals surface area contributed by atoms with Gasteiger partial charge >= 0.3 is 0 Å².